The molecule has 0 fully saturated rings. The fraction of sp³-hybridized carbons (Fsp3) is 0.750. The average molecular weight is 216 g/mol. The zero-order valence-electron chi connectivity index (χ0n) is 9.25. The molecule has 0 unspecified atom stereocenters. The van der Waals surface area contributed by atoms with E-state index in [1.807, 2.05) is 0 Å². The van der Waals surface area contributed by atoms with E-state index in [-0.39, 0.29) is 0 Å². The maximum Gasteiger partial charge on any atom is 0.231 e. The fourth-order valence-electron chi connectivity index (χ4n) is 0.721. The van der Waals surface area contributed by atoms with Crippen molar-refractivity contribution in [3.8, 4) is 0 Å². The molecular weight excluding hydrogens is 200 g/mol. The van der Waals surface area contributed by atoms with Crippen molar-refractivity contribution in [3.05, 3.63) is 5.21 Å². The monoisotopic (exact) mass is 216 g/mol. The molecule has 0 spiro atoms. The van der Waals surface area contributed by atoms with Crippen LogP contribution in [0.1, 0.15) is 27.7 Å². The fourth-order valence-corrected chi connectivity index (χ4v) is 0.721. The highest BCUT2D eigenvalue weighted by Crippen LogP contribution is 2.12. The molecule has 0 atom stereocenters. The van der Waals surface area contributed by atoms with Crippen LogP contribution in [0.2, 0.25) is 0 Å². The molecule has 7 heteroatoms. The first kappa shape index (κ1) is 13.3. The highest BCUT2D eigenvalue weighted by atomic mass is 16.5. The number of hydroxylamine groups is 1. The van der Waals surface area contributed by atoms with Crippen molar-refractivity contribution in [1.82, 2.24) is 0 Å². The number of nitrogens with zero attached hydrogens (tertiary/aromatic N) is 4. The lowest BCUT2D eigenvalue weighted by Gasteiger charge is -2.19. The minimum Gasteiger partial charge on any atom is -0.599 e. The standard InChI is InChI=1S/C8H16N4O3/c1-7(2,5-9-13)11-12(15)8(3,4)6-10-14/h5-6,13-14H,1-4H3/b9-5+,10-6+,12-11?. The van der Waals surface area contributed by atoms with Crippen LogP contribution in [0, 0.1) is 5.21 Å². The highest BCUT2D eigenvalue weighted by molar-refractivity contribution is 5.68. The number of azo groups is 1. The number of rotatable bonds is 4. The van der Waals surface area contributed by atoms with E-state index < -0.39 is 11.1 Å². The maximum atomic E-state index is 11.5. The minimum absolute atomic E-state index is 0.397. The molecule has 15 heavy (non-hydrogen) atoms. The Bertz CT molecular complexity index is 294. The zero-order valence-corrected chi connectivity index (χ0v) is 9.25. The predicted molar refractivity (Wildman–Crippen MR) is 54.8 cm³/mol. The lowest BCUT2D eigenvalue weighted by molar-refractivity contribution is -0.586. The van der Waals surface area contributed by atoms with Crippen LogP contribution >= 0.6 is 0 Å². The van der Waals surface area contributed by atoms with Crippen LogP contribution in [-0.4, -0.2) is 38.8 Å². The third kappa shape index (κ3) is 4.39. The molecule has 0 rings (SSSR count). The van der Waals surface area contributed by atoms with Gasteiger partial charge in [0.05, 0.1) is 6.21 Å². The topological polar surface area (TPSA) is 104 Å². The van der Waals surface area contributed by atoms with Gasteiger partial charge in [0.2, 0.25) is 5.54 Å². The van der Waals surface area contributed by atoms with Crippen molar-refractivity contribution in [3.63, 3.8) is 0 Å². The third-order valence-corrected chi connectivity index (χ3v) is 1.59. The Balaban J connectivity index is 4.99. The molecule has 0 aromatic heterocycles. The van der Waals surface area contributed by atoms with Crippen LogP contribution < -0.4 is 0 Å². The lowest BCUT2D eigenvalue weighted by atomic mass is 10.1. The SMILES string of the molecule is CC(C)(/C=N/O)N=[N+]([O-])C(C)(C)/C=N/O. The predicted octanol–water partition coefficient (Wildman–Crippen LogP) is 1.43. The van der Waals surface area contributed by atoms with Gasteiger partial charge in [0.25, 0.3) is 0 Å². The smallest absolute Gasteiger partial charge is 0.231 e. The molecule has 7 nitrogen and oxygen atoms in total. The number of oxime groups is 2. The van der Waals surface area contributed by atoms with Gasteiger partial charge in [-0.3, -0.25) is 0 Å². The minimum atomic E-state index is -1.06. The largest absolute Gasteiger partial charge is 0.599 e. The Hall–Kier alpha value is -1.66. The molecule has 0 bridgehead atoms. The maximum absolute atomic E-state index is 11.5. The molecule has 0 saturated carbocycles. The molecule has 0 heterocycles. The molecule has 0 saturated heterocycles. The van der Waals surface area contributed by atoms with E-state index in [2.05, 4.69) is 15.4 Å². The van der Waals surface area contributed by atoms with Crippen molar-refractivity contribution >= 4 is 12.4 Å². The van der Waals surface area contributed by atoms with Crippen molar-refractivity contribution in [2.45, 2.75) is 38.8 Å². The van der Waals surface area contributed by atoms with E-state index in [0.717, 1.165) is 12.4 Å². The Morgan fingerprint density at radius 2 is 1.53 bits per heavy atom. The van der Waals surface area contributed by atoms with E-state index in [1.165, 1.54) is 13.8 Å². The summed E-state index contributed by atoms with van der Waals surface area (Å²) >= 11 is 0. The molecule has 0 aliphatic rings. The van der Waals surface area contributed by atoms with E-state index in [0.29, 0.717) is 4.86 Å². The third-order valence-electron chi connectivity index (χ3n) is 1.59. The zero-order chi connectivity index (χ0) is 12.1. The summed E-state index contributed by atoms with van der Waals surface area (Å²) < 4.78 is 0. The van der Waals surface area contributed by atoms with Gasteiger partial charge < -0.3 is 15.6 Å². The molecule has 0 aromatic carbocycles. The summed E-state index contributed by atoms with van der Waals surface area (Å²) in [4.78, 5) is 0.397. The van der Waals surface area contributed by atoms with Gasteiger partial charge in [-0.25, -0.2) is 0 Å². The quantitative estimate of drug-likeness (QED) is 0.244. The van der Waals surface area contributed by atoms with Gasteiger partial charge in [0.1, 0.15) is 6.21 Å². The summed E-state index contributed by atoms with van der Waals surface area (Å²) in [7, 11) is 0. The molecule has 0 aliphatic carbocycles. The molecular formula is C8H16N4O3. The Morgan fingerprint density at radius 1 is 1.07 bits per heavy atom. The first-order valence-corrected chi connectivity index (χ1v) is 4.32. The van der Waals surface area contributed by atoms with Crippen LogP contribution in [0.3, 0.4) is 0 Å². The molecule has 0 amide bonds. The summed E-state index contributed by atoms with van der Waals surface area (Å²) in [5.74, 6) is 0. The van der Waals surface area contributed by atoms with Crippen molar-refractivity contribution < 1.29 is 15.3 Å². The van der Waals surface area contributed by atoms with Gasteiger partial charge in [-0.2, -0.15) is 0 Å². The Labute approximate surface area is 88.0 Å². The van der Waals surface area contributed by atoms with Gasteiger partial charge in [0.15, 0.2) is 5.54 Å². The number of hydrogen-bond donors (Lipinski definition) is 2. The first-order chi connectivity index (χ1) is 6.75. The Kier molecular flexibility index (Phi) is 4.20. The van der Waals surface area contributed by atoms with E-state index in [4.69, 9.17) is 10.4 Å². The second kappa shape index (κ2) is 4.72. The highest BCUT2D eigenvalue weighted by Gasteiger charge is 2.29. The molecule has 0 radical (unpaired) electrons. The molecule has 2 N–H and O–H groups in total. The normalized spacial score (nSPS) is 15.3. The van der Waals surface area contributed by atoms with Crippen LogP contribution in [0.5, 0.6) is 0 Å². The van der Waals surface area contributed by atoms with Gasteiger partial charge in [-0.15, -0.1) is 0 Å². The van der Waals surface area contributed by atoms with Crippen molar-refractivity contribution in [2.24, 2.45) is 15.4 Å². The second-order valence-electron chi connectivity index (χ2n) is 4.17. The van der Waals surface area contributed by atoms with E-state index in [1.54, 1.807) is 13.8 Å². The van der Waals surface area contributed by atoms with Crippen LogP contribution in [-0.2, 0) is 0 Å². The van der Waals surface area contributed by atoms with Crippen molar-refractivity contribution in [2.75, 3.05) is 0 Å². The molecule has 0 aliphatic heterocycles. The summed E-state index contributed by atoms with van der Waals surface area (Å²) in [6.07, 6.45) is 2.19. The Morgan fingerprint density at radius 3 is 1.93 bits per heavy atom. The summed E-state index contributed by atoms with van der Waals surface area (Å²) in [5.41, 5.74) is -1.98. The summed E-state index contributed by atoms with van der Waals surface area (Å²) in [5, 5.41) is 37.6. The van der Waals surface area contributed by atoms with Crippen LogP contribution in [0.15, 0.2) is 15.4 Å². The van der Waals surface area contributed by atoms with Gasteiger partial charge in [0, 0.05) is 13.8 Å². The lowest BCUT2D eigenvalue weighted by Crippen LogP contribution is -2.36. The van der Waals surface area contributed by atoms with E-state index in [9.17, 15) is 5.21 Å². The molecule has 86 valence electrons. The summed E-state index contributed by atoms with van der Waals surface area (Å²) in [6.45, 7) is 6.28. The summed E-state index contributed by atoms with van der Waals surface area (Å²) in [6, 6.07) is 0. The molecule has 0 aromatic rings. The van der Waals surface area contributed by atoms with Crippen LogP contribution in [0.25, 0.3) is 0 Å². The van der Waals surface area contributed by atoms with Crippen LogP contribution in [0.4, 0.5) is 0 Å². The second-order valence-corrected chi connectivity index (χ2v) is 4.17. The van der Waals surface area contributed by atoms with E-state index >= 15 is 0 Å². The van der Waals surface area contributed by atoms with Crippen molar-refractivity contribution in [1.29, 1.82) is 0 Å². The number of hydrogen-bond acceptors (Lipinski definition) is 6. The first-order valence-electron chi connectivity index (χ1n) is 4.32. The van der Waals surface area contributed by atoms with Gasteiger partial charge >= 0.3 is 0 Å². The van der Waals surface area contributed by atoms with Gasteiger partial charge in [-0.1, -0.05) is 15.2 Å². The average Bonchev–Trinajstić information content (AvgIpc) is 2.02. The van der Waals surface area contributed by atoms with Gasteiger partial charge in [-0.05, 0) is 19.0 Å².